The highest BCUT2D eigenvalue weighted by atomic mass is 19.4. The van der Waals surface area contributed by atoms with Crippen LogP contribution in [0, 0.1) is 0 Å². The largest absolute Gasteiger partial charge is 0.573 e. The Labute approximate surface area is 122 Å². The highest BCUT2D eigenvalue weighted by Crippen LogP contribution is 2.29. The minimum absolute atomic E-state index is 0.123. The van der Waals surface area contributed by atoms with Gasteiger partial charge >= 0.3 is 12.3 Å². The Hall–Kier alpha value is -2.77. The van der Waals surface area contributed by atoms with Crippen molar-refractivity contribution in [1.82, 2.24) is 4.98 Å². The van der Waals surface area contributed by atoms with E-state index in [1.54, 1.807) is 0 Å². The third-order valence-electron chi connectivity index (χ3n) is 2.68. The topological polar surface area (TPSA) is 68.7 Å². The second-order valence-electron chi connectivity index (χ2n) is 4.13. The van der Waals surface area contributed by atoms with Gasteiger partial charge in [0.15, 0.2) is 5.69 Å². The van der Waals surface area contributed by atoms with Gasteiger partial charge in [0.1, 0.15) is 5.75 Å². The molecule has 5 nitrogen and oxygen atoms in total. The molecule has 2 rings (SSSR count). The Morgan fingerprint density at radius 3 is 2.27 bits per heavy atom. The van der Waals surface area contributed by atoms with Gasteiger partial charge in [0.25, 0.3) is 0 Å². The summed E-state index contributed by atoms with van der Waals surface area (Å²) in [5, 5.41) is 9.16. The molecule has 0 aliphatic rings. The van der Waals surface area contributed by atoms with E-state index in [0.29, 0.717) is 5.56 Å². The number of hydrogen-bond acceptors (Lipinski definition) is 4. The number of nitrogens with zero attached hydrogens (tertiary/aromatic N) is 1. The third-order valence-corrected chi connectivity index (χ3v) is 2.68. The zero-order valence-electron chi connectivity index (χ0n) is 11.2. The highest BCUT2D eigenvalue weighted by molar-refractivity contribution is 5.94. The molecule has 0 aliphatic carbocycles. The van der Waals surface area contributed by atoms with Crippen molar-refractivity contribution in [2.75, 3.05) is 7.11 Å². The van der Waals surface area contributed by atoms with Crippen LogP contribution in [0.1, 0.15) is 10.5 Å². The van der Waals surface area contributed by atoms with E-state index in [-0.39, 0.29) is 17.1 Å². The maximum atomic E-state index is 12.1. The minimum Gasteiger partial charge on any atom is -0.481 e. The van der Waals surface area contributed by atoms with Gasteiger partial charge in [0.05, 0.1) is 7.11 Å². The van der Waals surface area contributed by atoms with Crippen molar-refractivity contribution >= 4 is 5.97 Å². The van der Waals surface area contributed by atoms with Crippen LogP contribution in [-0.4, -0.2) is 29.5 Å². The molecule has 0 aliphatic heterocycles. The molecular formula is C14H10F3NO4. The van der Waals surface area contributed by atoms with Crippen molar-refractivity contribution in [3.05, 3.63) is 42.1 Å². The maximum Gasteiger partial charge on any atom is 0.573 e. The second kappa shape index (κ2) is 5.92. The Kier molecular flexibility index (Phi) is 4.20. The van der Waals surface area contributed by atoms with Crippen LogP contribution in [0.2, 0.25) is 0 Å². The van der Waals surface area contributed by atoms with Crippen molar-refractivity contribution in [3.63, 3.8) is 0 Å². The number of ether oxygens (including phenoxy) is 2. The molecule has 0 bridgehead atoms. The summed E-state index contributed by atoms with van der Waals surface area (Å²) in [5.41, 5.74) is 0.387. The van der Waals surface area contributed by atoms with Gasteiger partial charge in [0, 0.05) is 11.6 Å². The van der Waals surface area contributed by atoms with Crippen molar-refractivity contribution in [2.24, 2.45) is 0 Å². The molecular weight excluding hydrogens is 303 g/mol. The monoisotopic (exact) mass is 313 g/mol. The molecule has 0 spiro atoms. The van der Waals surface area contributed by atoms with Gasteiger partial charge in [-0.2, -0.15) is 0 Å². The molecule has 1 aromatic carbocycles. The number of carbonyl (C=O) groups is 1. The number of aromatic carboxylic acids is 1. The van der Waals surface area contributed by atoms with Crippen LogP contribution >= 0.6 is 0 Å². The van der Waals surface area contributed by atoms with Gasteiger partial charge in [-0.25, -0.2) is 9.78 Å². The van der Waals surface area contributed by atoms with Crippen LogP contribution in [0.5, 0.6) is 11.6 Å². The Morgan fingerprint density at radius 1 is 1.14 bits per heavy atom. The molecule has 0 fully saturated rings. The van der Waals surface area contributed by atoms with E-state index in [2.05, 4.69) is 9.72 Å². The number of carboxylic acids is 1. The molecule has 2 aromatic rings. The van der Waals surface area contributed by atoms with Gasteiger partial charge in [-0.05, 0) is 23.8 Å². The Bertz CT molecular complexity index is 683. The fourth-order valence-corrected chi connectivity index (χ4v) is 1.79. The van der Waals surface area contributed by atoms with E-state index in [4.69, 9.17) is 9.84 Å². The molecule has 22 heavy (non-hydrogen) atoms. The summed E-state index contributed by atoms with van der Waals surface area (Å²) >= 11 is 0. The average Bonchev–Trinajstić information content (AvgIpc) is 2.45. The molecule has 116 valence electrons. The number of benzene rings is 1. The van der Waals surface area contributed by atoms with E-state index in [1.807, 2.05) is 0 Å². The highest BCUT2D eigenvalue weighted by Gasteiger charge is 2.31. The number of pyridine rings is 1. The first-order valence-electron chi connectivity index (χ1n) is 5.94. The quantitative estimate of drug-likeness (QED) is 0.937. The molecule has 1 N–H and O–H groups in total. The van der Waals surface area contributed by atoms with E-state index in [0.717, 1.165) is 12.1 Å². The van der Waals surface area contributed by atoms with Gasteiger partial charge in [-0.3, -0.25) is 0 Å². The van der Waals surface area contributed by atoms with Gasteiger partial charge in [-0.1, -0.05) is 12.1 Å². The number of rotatable bonds is 4. The number of aromatic nitrogens is 1. The average molecular weight is 313 g/mol. The smallest absolute Gasteiger partial charge is 0.481 e. The molecule has 1 aromatic heterocycles. The standard InChI is InChI=1S/C14H10F3NO4/c1-21-11-7-6-10(12(18-11)13(19)20)8-2-4-9(5-3-8)22-14(15,16)17/h2-7H,1H3,(H,19,20). The fourth-order valence-electron chi connectivity index (χ4n) is 1.79. The van der Waals surface area contributed by atoms with E-state index in [9.17, 15) is 18.0 Å². The van der Waals surface area contributed by atoms with Crippen LogP contribution in [0.3, 0.4) is 0 Å². The predicted molar refractivity (Wildman–Crippen MR) is 69.9 cm³/mol. The van der Waals surface area contributed by atoms with Crippen molar-refractivity contribution in [2.45, 2.75) is 6.36 Å². The van der Waals surface area contributed by atoms with Crippen LogP contribution in [0.4, 0.5) is 13.2 Å². The molecule has 1 heterocycles. The van der Waals surface area contributed by atoms with Crippen molar-refractivity contribution < 1.29 is 32.5 Å². The molecule has 0 saturated heterocycles. The van der Waals surface area contributed by atoms with Crippen LogP contribution in [0.15, 0.2) is 36.4 Å². The first kappa shape index (κ1) is 15.6. The van der Waals surface area contributed by atoms with Crippen LogP contribution in [-0.2, 0) is 0 Å². The van der Waals surface area contributed by atoms with E-state index >= 15 is 0 Å². The number of alkyl halides is 3. The summed E-state index contributed by atoms with van der Waals surface area (Å²) in [4.78, 5) is 15.0. The molecule has 0 unspecified atom stereocenters. The summed E-state index contributed by atoms with van der Waals surface area (Å²) in [6.45, 7) is 0. The lowest BCUT2D eigenvalue weighted by Gasteiger charge is -2.10. The molecule has 8 heteroatoms. The lowest BCUT2D eigenvalue weighted by atomic mass is 10.0. The maximum absolute atomic E-state index is 12.1. The SMILES string of the molecule is COc1ccc(-c2ccc(OC(F)(F)F)cc2)c(C(=O)O)n1. The third kappa shape index (κ3) is 3.66. The number of methoxy groups -OCH3 is 1. The fraction of sp³-hybridized carbons (Fsp3) is 0.143. The van der Waals surface area contributed by atoms with E-state index < -0.39 is 18.1 Å². The second-order valence-corrected chi connectivity index (χ2v) is 4.13. The van der Waals surface area contributed by atoms with Crippen LogP contribution < -0.4 is 9.47 Å². The van der Waals surface area contributed by atoms with Crippen molar-refractivity contribution in [3.8, 4) is 22.8 Å². The first-order valence-corrected chi connectivity index (χ1v) is 5.94. The number of halogens is 3. The zero-order valence-corrected chi connectivity index (χ0v) is 11.2. The lowest BCUT2D eigenvalue weighted by molar-refractivity contribution is -0.274. The lowest BCUT2D eigenvalue weighted by Crippen LogP contribution is -2.16. The zero-order chi connectivity index (χ0) is 16.3. The summed E-state index contributed by atoms with van der Waals surface area (Å²) in [5.74, 6) is -1.54. The summed E-state index contributed by atoms with van der Waals surface area (Å²) in [6, 6.07) is 7.75. The van der Waals surface area contributed by atoms with Gasteiger partial charge in [0.2, 0.25) is 5.88 Å². The molecule has 0 saturated carbocycles. The summed E-state index contributed by atoms with van der Waals surface area (Å²) in [7, 11) is 1.34. The summed E-state index contributed by atoms with van der Waals surface area (Å²) in [6.07, 6.45) is -4.78. The molecule has 0 radical (unpaired) electrons. The number of carboxylic acid groups (broad SMARTS) is 1. The van der Waals surface area contributed by atoms with Crippen molar-refractivity contribution in [1.29, 1.82) is 0 Å². The van der Waals surface area contributed by atoms with Gasteiger partial charge in [-0.15, -0.1) is 13.2 Å². The normalized spacial score (nSPS) is 11.1. The minimum atomic E-state index is -4.78. The van der Waals surface area contributed by atoms with Crippen LogP contribution in [0.25, 0.3) is 11.1 Å². The first-order chi connectivity index (χ1) is 10.3. The Morgan fingerprint density at radius 2 is 1.77 bits per heavy atom. The Balaban J connectivity index is 2.38. The predicted octanol–water partition coefficient (Wildman–Crippen LogP) is 3.35. The number of hydrogen-bond donors (Lipinski definition) is 1. The van der Waals surface area contributed by atoms with E-state index in [1.165, 1.54) is 31.4 Å². The van der Waals surface area contributed by atoms with Gasteiger partial charge < -0.3 is 14.6 Å². The molecule has 0 atom stereocenters. The molecule has 0 amide bonds. The summed E-state index contributed by atoms with van der Waals surface area (Å²) < 4.78 is 44.9.